The van der Waals surface area contributed by atoms with Gasteiger partial charge in [0.05, 0.1) is 26.2 Å². The molecule has 0 atom stereocenters. The van der Waals surface area contributed by atoms with Gasteiger partial charge in [-0.1, -0.05) is 57.9 Å². The maximum Gasteiger partial charge on any atom is 0.242 e. The second-order valence-corrected chi connectivity index (χ2v) is 9.53. The predicted octanol–water partition coefficient (Wildman–Crippen LogP) is 4.26. The molecule has 0 saturated carbocycles. The molecule has 0 radical (unpaired) electrons. The van der Waals surface area contributed by atoms with E-state index in [4.69, 9.17) is 14.5 Å². The summed E-state index contributed by atoms with van der Waals surface area (Å²) in [5, 5.41) is 5.66. The van der Waals surface area contributed by atoms with Crippen LogP contribution in [0.4, 0.5) is 0 Å². The van der Waals surface area contributed by atoms with E-state index in [2.05, 4.69) is 51.0 Å². The Balaban J connectivity index is 1.67. The third kappa shape index (κ3) is 3.49. The van der Waals surface area contributed by atoms with Gasteiger partial charge >= 0.3 is 0 Å². The van der Waals surface area contributed by atoms with E-state index >= 15 is 0 Å². The van der Waals surface area contributed by atoms with Gasteiger partial charge in [-0.25, -0.2) is 9.67 Å². The first-order valence-corrected chi connectivity index (χ1v) is 10.3. The average Bonchev–Trinajstić information content (AvgIpc) is 3.15. The van der Waals surface area contributed by atoms with E-state index in [-0.39, 0.29) is 0 Å². The maximum absolute atomic E-state index is 5.59. The van der Waals surface area contributed by atoms with Gasteiger partial charge < -0.3 is 9.47 Å². The fraction of sp³-hybridized carbons (Fsp3) is 0.478. The Morgan fingerprint density at radius 1 is 1.00 bits per heavy atom. The van der Waals surface area contributed by atoms with Gasteiger partial charge in [-0.3, -0.25) is 0 Å². The molecule has 0 unspecified atom stereocenters. The summed E-state index contributed by atoms with van der Waals surface area (Å²) < 4.78 is 12.8. The van der Waals surface area contributed by atoms with Gasteiger partial charge in [0.2, 0.25) is 5.88 Å². The number of hydrogen-bond donors (Lipinski definition) is 0. The number of hydrogen-bond acceptors (Lipinski definition) is 4. The van der Waals surface area contributed by atoms with Gasteiger partial charge in [0.25, 0.3) is 0 Å². The molecule has 0 N–H and O–H groups in total. The van der Waals surface area contributed by atoms with Crippen LogP contribution in [0.5, 0.6) is 11.6 Å². The summed E-state index contributed by atoms with van der Waals surface area (Å²) in [5.74, 6) is 1.49. The summed E-state index contributed by atoms with van der Waals surface area (Å²) in [6.45, 7) is 10.7. The Labute approximate surface area is 173 Å². The lowest BCUT2D eigenvalue weighted by molar-refractivity contribution is 0.177. The molecule has 0 aliphatic carbocycles. The van der Waals surface area contributed by atoms with Gasteiger partial charge in [0.1, 0.15) is 5.75 Å². The first kappa shape index (κ1) is 19.8. The molecular formula is C23H30BN3O2. The molecule has 1 aliphatic rings. The van der Waals surface area contributed by atoms with E-state index < -0.39 is 0 Å². The summed E-state index contributed by atoms with van der Waals surface area (Å²) in [7, 11) is 3.35. The van der Waals surface area contributed by atoms with E-state index in [9.17, 15) is 0 Å². The minimum absolute atomic E-state index is 0.315. The minimum atomic E-state index is 0.315. The van der Waals surface area contributed by atoms with Crippen LogP contribution in [0, 0.1) is 10.8 Å². The Hall–Kier alpha value is -2.50. The van der Waals surface area contributed by atoms with Crippen LogP contribution in [0.25, 0.3) is 11.0 Å². The fourth-order valence-corrected chi connectivity index (χ4v) is 4.53. The zero-order valence-corrected chi connectivity index (χ0v) is 18.3. The monoisotopic (exact) mass is 391 g/mol. The molecule has 2 aromatic heterocycles. The van der Waals surface area contributed by atoms with Crippen LogP contribution < -0.4 is 14.9 Å². The van der Waals surface area contributed by atoms with Crippen molar-refractivity contribution < 1.29 is 9.47 Å². The highest BCUT2D eigenvalue weighted by atomic mass is 16.5. The van der Waals surface area contributed by atoms with E-state index in [0.29, 0.717) is 30.0 Å². The lowest BCUT2D eigenvalue weighted by Gasteiger charge is -2.35. The fourth-order valence-electron chi connectivity index (χ4n) is 4.53. The van der Waals surface area contributed by atoms with Crippen molar-refractivity contribution in [2.45, 2.75) is 46.9 Å². The van der Waals surface area contributed by atoms with Crippen molar-refractivity contribution in [1.29, 1.82) is 0 Å². The molecule has 4 rings (SSSR count). The standard InChI is InChI=1S/C23H30BN3O2/c1-22(2)14-24(15-23(22,3)4)17-11-19-20(25-12-17)27(26-21(19)29-6)13-16-7-9-18(28-5)10-8-16/h7-12H,13-15H2,1-6H3. The van der Waals surface area contributed by atoms with Crippen molar-refractivity contribution >= 4 is 23.2 Å². The summed E-state index contributed by atoms with van der Waals surface area (Å²) in [6, 6.07) is 10.3. The molecule has 0 amide bonds. The summed E-state index contributed by atoms with van der Waals surface area (Å²) in [4.78, 5) is 4.82. The molecular weight excluding hydrogens is 361 g/mol. The SMILES string of the molecule is COc1ccc(Cn2nc(OC)c3cc(B4CC(C)(C)C(C)(C)C4)cnc32)cc1. The van der Waals surface area contributed by atoms with E-state index in [0.717, 1.165) is 22.3 Å². The largest absolute Gasteiger partial charge is 0.497 e. The molecule has 0 bridgehead atoms. The van der Waals surface area contributed by atoms with Crippen molar-refractivity contribution in [3.63, 3.8) is 0 Å². The Bertz CT molecular complexity index is 1010. The lowest BCUT2D eigenvalue weighted by Crippen LogP contribution is -2.28. The molecule has 1 aliphatic heterocycles. The number of aromatic nitrogens is 3. The van der Waals surface area contributed by atoms with Crippen LogP contribution in [0.2, 0.25) is 12.6 Å². The molecule has 1 fully saturated rings. The first-order valence-electron chi connectivity index (χ1n) is 10.3. The van der Waals surface area contributed by atoms with Gasteiger partial charge in [-0.2, -0.15) is 0 Å². The zero-order chi connectivity index (χ0) is 20.8. The van der Waals surface area contributed by atoms with Crippen molar-refractivity contribution in [3.05, 3.63) is 42.1 Å². The van der Waals surface area contributed by atoms with Crippen LogP contribution in [0.3, 0.4) is 0 Å². The number of ether oxygens (including phenoxy) is 2. The Morgan fingerprint density at radius 3 is 2.24 bits per heavy atom. The molecule has 3 heterocycles. The maximum atomic E-state index is 5.59. The van der Waals surface area contributed by atoms with Crippen molar-refractivity contribution in [2.75, 3.05) is 14.2 Å². The first-order chi connectivity index (χ1) is 13.7. The smallest absolute Gasteiger partial charge is 0.242 e. The molecule has 5 nitrogen and oxygen atoms in total. The summed E-state index contributed by atoms with van der Waals surface area (Å²) in [5.41, 5.74) is 3.92. The zero-order valence-electron chi connectivity index (χ0n) is 18.3. The molecule has 1 saturated heterocycles. The minimum Gasteiger partial charge on any atom is -0.497 e. The highest BCUT2D eigenvalue weighted by Gasteiger charge is 2.48. The normalized spacial score (nSPS) is 17.7. The lowest BCUT2D eigenvalue weighted by atomic mass is 9.42. The Morgan fingerprint density at radius 2 is 1.66 bits per heavy atom. The van der Waals surface area contributed by atoms with E-state index in [1.165, 1.54) is 18.1 Å². The van der Waals surface area contributed by atoms with Crippen molar-refractivity contribution in [2.24, 2.45) is 10.8 Å². The van der Waals surface area contributed by atoms with E-state index in [1.54, 1.807) is 14.2 Å². The number of methoxy groups -OCH3 is 2. The van der Waals surface area contributed by atoms with Crippen molar-refractivity contribution in [3.8, 4) is 11.6 Å². The van der Waals surface area contributed by atoms with Crippen LogP contribution in [-0.4, -0.2) is 35.7 Å². The number of nitrogens with zero attached hydrogens (tertiary/aromatic N) is 3. The van der Waals surface area contributed by atoms with Crippen LogP contribution in [0.15, 0.2) is 36.5 Å². The van der Waals surface area contributed by atoms with Gasteiger partial charge in [-0.05, 0) is 34.6 Å². The second kappa shape index (κ2) is 7.08. The molecule has 6 heteroatoms. The topological polar surface area (TPSA) is 49.2 Å². The van der Waals surface area contributed by atoms with Crippen LogP contribution in [-0.2, 0) is 6.54 Å². The van der Waals surface area contributed by atoms with Gasteiger partial charge in [0, 0.05) is 6.20 Å². The predicted molar refractivity (Wildman–Crippen MR) is 119 cm³/mol. The molecule has 29 heavy (non-hydrogen) atoms. The summed E-state index contributed by atoms with van der Waals surface area (Å²) in [6.07, 6.45) is 4.39. The molecule has 0 spiro atoms. The molecule has 1 aromatic carbocycles. The number of benzene rings is 1. The van der Waals surface area contributed by atoms with Gasteiger partial charge in [0.15, 0.2) is 12.4 Å². The number of rotatable bonds is 5. The molecule has 152 valence electrons. The average molecular weight is 391 g/mol. The quantitative estimate of drug-likeness (QED) is 0.610. The van der Waals surface area contributed by atoms with Crippen LogP contribution >= 0.6 is 0 Å². The van der Waals surface area contributed by atoms with Crippen molar-refractivity contribution in [1.82, 2.24) is 14.8 Å². The molecule has 3 aromatic rings. The number of pyridine rings is 1. The Kier molecular flexibility index (Phi) is 4.84. The second-order valence-electron chi connectivity index (χ2n) is 9.53. The highest BCUT2D eigenvalue weighted by Crippen LogP contribution is 2.52. The third-order valence-electron chi connectivity index (χ3n) is 7.08. The van der Waals surface area contributed by atoms with E-state index in [1.807, 2.05) is 23.0 Å². The third-order valence-corrected chi connectivity index (χ3v) is 7.08. The summed E-state index contributed by atoms with van der Waals surface area (Å²) >= 11 is 0. The highest BCUT2D eigenvalue weighted by molar-refractivity contribution is 6.74. The van der Waals surface area contributed by atoms with Crippen LogP contribution in [0.1, 0.15) is 33.3 Å². The number of fused-ring (bicyclic) bond motifs is 1. The van der Waals surface area contributed by atoms with Gasteiger partial charge in [-0.15, -0.1) is 5.10 Å².